The molecule has 2 saturated carbocycles. The lowest BCUT2D eigenvalue weighted by Gasteiger charge is -2.28. The van der Waals surface area contributed by atoms with Gasteiger partial charge in [0.05, 0.1) is 10.2 Å². The fraction of sp³-hybridized carbons (Fsp3) is 0.765. The molecule has 3 rings (SSSR count). The predicted octanol–water partition coefficient (Wildman–Crippen LogP) is 5.23. The first kappa shape index (κ1) is 15.3. The first-order valence-electron chi connectivity index (χ1n) is 8.48. The summed E-state index contributed by atoms with van der Waals surface area (Å²) in [6.45, 7) is 2.30. The lowest BCUT2D eigenvalue weighted by Crippen LogP contribution is -2.17. The van der Waals surface area contributed by atoms with E-state index in [1.54, 1.807) is 0 Å². The second-order valence-corrected chi connectivity index (χ2v) is 7.45. The van der Waals surface area contributed by atoms with E-state index in [9.17, 15) is 0 Å². The third-order valence-electron chi connectivity index (χ3n) is 5.00. The van der Waals surface area contributed by atoms with Crippen LogP contribution in [0.4, 0.5) is 5.82 Å². The van der Waals surface area contributed by atoms with Crippen LogP contribution in [0.25, 0.3) is 0 Å². The number of hydrogen-bond donors (Lipinski definition) is 1. The van der Waals surface area contributed by atoms with Crippen LogP contribution in [-0.2, 0) is 0 Å². The van der Waals surface area contributed by atoms with Gasteiger partial charge in [-0.2, -0.15) is 0 Å². The topological polar surface area (TPSA) is 37.8 Å². The summed E-state index contributed by atoms with van der Waals surface area (Å²) in [6.07, 6.45) is 10.5. The molecule has 2 aliphatic carbocycles. The summed E-state index contributed by atoms with van der Waals surface area (Å²) in [5.74, 6) is 4.21. The smallest absolute Gasteiger partial charge is 0.144 e. The maximum absolute atomic E-state index is 4.94. The summed E-state index contributed by atoms with van der Waals surface area (Å²) in [6, 6.07) is 0. The minimum absolute atomic E-state index is 0.566. The van der Waals surface area contributed by atoms with Crippen molar-refractivity contribution in [2.24, 2.45) is 5.92 Å². The molecule has 0 spiro atoms. The van der Waals surface area contributed by atoms with Crippen LogP contribution in [0.3, 0.4) is 0 Å². The molecular formula is C17H26BrN3. The zero-order valence-corrected chi connectivity index (χ0v) is 14.7. The van der Waals surface area contributed by atoms with Crippen molar-refractivity contribution >= 4 is 21.7 Å². The molecule has 0 amide bonds. The molecule has 0 saturated heterocycles. The van der Waals surface area contributed by atoms with Crippen molar-refractivity contribution in [2.75, 3.05) is 12.4 Å². The van der Waals surface area contributed by atoms with Gasteiger partial charge in [-0.25, -0.2) is 9.97 Å². The van der Waals surface area contributed by atoms with Gasteiger partial charge in [0.1, 0.15) is 11.6 Å². The minimum atomic E-state index is 0.566. The van der Waals surface area contributed by atoms with E-state index in [0.29, 0.717) is 11.8 Å². The highest BCUT2D eigenvalue weighted by Crippen LogP contribution is 2.45. The maximum Gasteiger partial charge on any atom is 0.144 e. The van der Waals surface area contributed by atoms with Crippen molar-refractivity contribution in [2.45, 2.75) is 70.1 Å². The van der Waals surface area contributed by atoms with Crippen LogP contribution in [-0.4, -0.2) is 17.0 Å². The molecule has 0 bridgehead atoms. The van der Waals surface area contributed by atoms with E-state index in [-0.39, 0.29) is 0 Å². The van der Waals surface area contributed by atoms with Crippen LogP contribution in [0.1, 0.15) is 81.6 Å². The van der Waals surface area contributed by atoms with Crippen LogP contribution in [0.5, 0.6) is 0 Å². The number of nitrogens with one attached hydrogen (secondary N) is 1. The third kappa shape index (κ3) is 3.41. The van der Waals surface area contributed by atoms with Gasteiger partial charge in [0.2, 0.25) is 0 Å². The van der Waals surface area contributed by atoms with Crippen molar-refractivity contribution in [3.63, 3.8) is 0 Å². The Hall–Kier alpha value is -0.640. The Morgan fingerprint density at radius 3 is 2.29 bits per heavy atom. The van der Waals surface area contributed by atoms with E-state index in [1.165, 1.54) is 57.1 Å². The Balaban J connectivity index is 1.77. The summed E-state index contributed by atoms with van der Waals surface area (Å²) in [5, 5.41) is 3.23. The molecule has 116 valence electrons. The molecule has 0 aromatic carbocycles. The second kappa shape index (κ2) is 6.64. The lowest BCUT2D eigenvalue weighted by molar-refractivity contribution is 0.302. The summed E-state index contributed by atoms with van der Waals surface area (Å²) in [7, 11) is 1.95. The van der Waals surface area contributed by atoms with Crippen LogP contribution in [0.15, 0.2) is 4.47 Å². The van der Waals surface area contributed by atoms with Gasteiger partial charge >= 0.3 is 0 Å². The number of hydrogen-bond acceptors (Lipinski definition) is 3. The number of aromatic nitrogens is 2. The summed E-state index contributed by atoms with van der Waals surface area (Å²) in [5.41, 5.74) is 1.24. The van der Waals surface area contributed by atoms with Gasteiger partial charge in [-0.1, -0.05) is 19.8 Å². The van der Waals surface area contributed by atoms with Crippen LogP contribution < -0.4 is 5.32 Å². The summed E-state index contributed by atoms with van der Waals surface area (Å²) < 4.78 is 1.08. The molecule has 3 nitrogen and oxygen atoms in total. The number of halogens is 1. The van der Waals surface area contributed by atoms with Crippen molar-refractivity contribution in [3.05, 3.63) is 16.0 Å². The van der Waals surface area contributed by atoms with Gasteiger partial charge in [0, 0.05) is 18.9 Å². The van der Waals surface area contributed by atoms with E-state index >= 15 is 0 Å². The Morgan fingerprint density at radius 2 is 1.71 bits per heavy atom. The molecule has 0 radical (unpaired) electrons. The molecule has 2 fully saturated rings. The van der Waals surface area contributed by atoms with Crippen molar-refractivity contribution < 1.29 is 0 Å². The van der Waals surface area contributed by atoms with Crippen molar-refractivity contribution in [1.82, 2.24) is 9.97 Å². The fourth-order valence-electron chi connectivity index (χ4n) is 3.58. The molecule has 0 atom stereocenters. The Bertz CT molecular complexity index is 491. The largest absolute Gasteiger partial charge is 0.372 e. The zero-order chi connectivity index (χ0) is 14.8. The first-order valence-corrected chi connectivity index (χ1v) is 9.27. The van der Waals surface area contributed by atoms with E-state index in [2.05, 4.69) is 28.2 Å². The van der Waals surface area contributed by atoms with Crippen molar-refractivity contribution in [3.8, 4) is 0 Å². The monoisotopic (exact) mass is 351 g/mol. The molecule has 21 heavy (non-hydrogen) atoms. The lowest BCUT2D eigenvalue weighted by atomic mass is 9.80. The average molecular weight is 352 g/mol. The van der Waals surface area contributed by atoms with E-state index in [4.69, 9.17) is 9.97 Å². The quantitative estimate of drug-likeness (QED) is 0.788. The van der Waals surface area contributed by atoms with Gasteiger partial charge in [-0.05, 0) is 60.4 Å². The average Bonchev–Trinajstić information content (AvgIpc) is 3.33. The van der Waals surface area contributed by atoms with Gasteiger partial charge in [-0.3, -0.25) is 0 Å². The number of anilines is 1. The number of nitrogens with zero attached hydrogens (tertiary/aromatic N) is 2. The van der Waals surface area contributed by atoms with Crippen molar-refractivity contribution in [1.29, 1.82) is 0 Å². The Morgan fingerprint density at radius 1 is 1.05 bits per heavy atom. The highest BCUT2D eigenvalue weighted by molar-refractivity contribution is 9.10. The minimum Gasteiger partial charge on any atom is -0.372 e. The Kier molecular flexibility index (Phi) is 4.82. The zero-order valence-electron chi connectivity index (χ0n) is 13.2. The molecule has 1 heterocycles. The third-order valence-corrected chi connectivity index (χ3v) is 5.79. The SMILES string of the molecule is CCCC1CCC(c2nc(NC)c(Br)c(C3CC3)n2)CC1. The second-order valence-electron chi connectivity index (χ2n) is 6.66. The van der Waals surface area contributed by atoms with E-state index in [0.717, 1.165) is 22.0 Å². The van der Waals surface area contributed by atoms with Gasteiger partial charge in [0.15, 0.2) is 0 Å². The van der Waals surface area contributed by atoms with Gasteiger partial charge in [0.25, 0.3) is 0 Å². The Labute approximate surface area is 136 Å². The fourth-order valence-corrected chi connectivity index (χ4v) is 4.27. The molecule has 2 aliphatic rings. The van der Waals surface area contributed by atoms with E-state index in [1.807, 2.05) is 7.05 Å². The molecular weight excluding hydrogens is 326 g/mol. The normalized spacial score (nSPS) is 25.9. The summed E-state index contributed by atoms with van der Waals surface area (Å²) >= 11 is 3.68. The highest BCUT2D eigenvalue weighted by Gasteiger charge is 2.31. The molecule has 0 aliphatic heterocycles. The maximum atomic E-state index is 4.94. The molecule has 1 aromatic rings. The molecule has 1 aromatic heterocycles. The first-order chi connectivity index (χ1) is 10.2. The predicted molar refractivity (Wildman–Crippen MR) is 90.9 cm³/mol. The summed E-state index contributed by atoms with van der Waals surface area (Å²) in [4.78, 5) is 9.73. The standard InChI is InChI=1S/C17H26BrN3/c1-3-4-11-5-7-13(8-6-11)16-20-15(12-9-10-12)14(18)17(19-2)21-16/h11-13H,3-10H2,1-2H3,(H,19,20,21). The molecule has 4 heteroatoms. The van der Waals surface area contributed by atoms with Gasteiger partial charge in [-0.15, -0.1) is 0 Å². The number of rotatable bonds is 5. The van der Waals surface area contributed by atoms with Gasteiger partial charge < -0.3 is 5.32 Å². The van der Waals surface area contributed by atoms with Crippen LogP contribution >= 0.6 is 15.9 Å². The molecule has 0 unspecified atom stereocenters. The highest BCUT2D eigenvalue weighted by atomic mass is 79.9. The van der Waals surface area contributed by atoms with Crippen LogP contribution in [0, 0.1) is 5.92 Å². The van der Waals surface area contributed by atoms with Crippen LogP contribution in [0.2, 0.25) is 0 Å². The van der Waals surface area contributed by atoms with E-state index < -0.39 is 0 Å². The molecule has 1 N–H and O–H groups in total.